The standard InChI is InChI=1S/C39H48O8Si/c1-28(40)45-35-25-34-37(47-39(35,5)23-22-36(41)42-6)33(43-26-29-16-10-7-11-17-29)24-30(46-34)27-44-48(38(2,3)4,31-18-12-8-13-19-31)32-20-14-9-15-21-32/h7-23,30,33-35,37H,24-27H2,1-6H3/b23-22+/t30-,33-,34+,35-,37-,39+/m0/s1. The molecule has 3 aromatic rings. The highest BCUT2D eigenvalue weighted by molar-refractivity contribution is 6.99. The van der Waals surface area contributed by atoms with E-state index in [1.807, 2.05) is 49.4 Å². The van der Waals surface area contributed by atoms with Crippen LogP contribution in [0, 0.1) is 0 Å². The van der Waals surface area contributed by atoms with Gasteiger partial charge in [-0.25, -0.2) is 4.79 Å². The maximum atomic E-state index is 12.2. The van der Waals surface area contributed by atoms with Crippen LogP contribution < -0.4 is 10.4 Å². The Morgan fingerprint density at radius 1 is 0.917 bits per heavy atom. The van der Waals surface area contributed by atoms with Crippen LogP contribution in [0.3, 0.4) is 0 Å². The molecule has 0 radical (unpaired) electrons. The molecule has 2 saturated heterocycles. The maximum Gasteiger partial charge on any atom is 0.330 e. The summed E-state index contributed by atoms with van der Waals surface area (Å²) in [6.07, 6.45) is 1.48. The van der Waals surface area contributed by atoms with Crippen LogP contribution in [-0.4, -0.2) is 70.1 Å². The number of methoxy groups -OCH3 is 1. The molecule has 9 heteroatoms. The predicted molar refractivity (Wildman–Crippen MR) is 186 cm³/mol. The van der Waals surface area contributed by atoms with Crippen LogP contribution in [0.15, 0.2) is 103 Å². The Kier molecular flexibility index (Phi) is 11.4. The van der Waals surface area contributed by atoms with E-state index in [9.17, 15) is 9.59 Å². The van der Waals surface area contributed by atoms with Crippen molar-refractivity contribution >= 4 is 30.6 Å². The highest BCUT2D eigenvalue weighted by Crippen LogP contribution is 2.42. The highest BCUT2D eigenvalue weighted by Gasteiger charge is 2.54. The average molecular weight is 673 g/mol. The smallest absolute Gasteiger partial charge is 0.330 e. The minimum Gasteiger partial charge on any atom is -0.466 e. The molecule has 256 valence electrons. The summed E-state index contributed by atoms with van der Waals surface area (Å²) < 4.78 is 38.0. The van der Waals surface area contributed by atoms with Gasteiger partial charge >= 0.3 is 11.9 Å². The first-order valence-electron chi connectivity index (χ1n) is 16.6. The van der Waals surface area contributed by atoms with Gasteiger partial charge in [0.05, 0.1) is 38.6 Å². The molecule has 2 aliphatic rings. The van der Waals surface area contributed by atoms with Gasteiger partial charge < -0.3 is 28.1 Å². The van der Waals surface area contributed by atoms with E-state index in [1.165, 1.54) is 30.5 Å². The lowest BCUT2D eigenvalue weighted by Gasteiger charge is -2.52. The van der Waals surface area contributed by atoms with Gasteiger partial charge in [-0.3, -0.25) is 4.79 Å². The lowest BCUT2D eigenvalue weighted by atomic mass is 9.83. The number of esters is 2. The summed E-state index contributed by atoms with van der Waals surface area (Å²) >= 11 is 0. The van der Waals surface area contributed by atoms with Crippen molar-refractivity contribution in [2.75, 3.05) is 13.7 Å². The molecular formula is C39H48O8Si. The van der Waals surface area contributed by atoms with Crippen molar-refractivity contribution in [3.63, 3.8) is 0 Å². The molecular weight excluding hydrogens is 625 g/mol. The lowest BCUT2D eigenvalue weighted by molar-refractivity contribution is -0.281. The molecule has 8 nitrogen and oxygen atoms in total. The second-order valence-electron chi connectivity index (χ2n) is 13.8. The zero-order chi connectivity index (χ0) is 34.4. The van der Waals surface area contributed by atoms with E-state index in [0.717, 1.165) is 5.56 Å². The summed E-state index contributed by atoms with van der Waals surface area (Å²) in [4.78, 5) is 24.3. The molecule has 0 spiro atoms. The van der Waals surface area contributed by atoms with Crippen LogP contribution in [0.5, 0.6) is 0 Å². The Hall–Kier alpha value is -3.60. The molecule has 0 bridgehead atoms. The molecule has 0 saturated carbocycles. The van der Waals surface area contributed by atoms with Crippen molar-refractivity contribution in [3.05, 3.63) is 109 Å². The van der Waals surface area contributed by atoms with Gasteiger partial charge in [0.25, 0.3) is 8.32 Å². The van der Waals surface area contributed by atoms with Crippen LogP contribution in [0.1, 0.15) is 53.0 Å². The molecule has 5 rings (SSSR count). The van der Waals surface area contributed by atoms with Crippen LogP contribution in [-0.2, 0) is 44.3 Å². The monoisotopic (exact) mass is 672 g/mol. The second kappa shape index (κ2) is 15.3. The van der Waals surface area contributed by atoms with Gasteiger partial charge in [-0.2, -0.15) is 0 Å². The Morgan fingerprint density at radius 3 is 2.04 bits per heavy atom. The van der Waals surface area contributed by atoms with E-state index < -0.39 is 44.2 Å². The molecule has 0 amide bonds. The van der Waals surface area contributed by atoms with Gasteiger partial charge in [-0.05, 0) is 34.0 Å². The number of rotatable bonds is 11. The molecule has 48 heavy (non-hydrogen) atoms. The third-order valence-corrected chi connectivity index (χ3v) is 14.3. The number of carbonyl (C=O) groups is 2. The zero-order valence-electron chi connectivity index (χ0n) is 28.8. The molecule has 6 atom stereocenters. The summed E-state index contributed by atoms with van der Waals surface area (Å²) in [6, 6.07) is 31.1. The molecule has 2 heterocycles. The van der Waals surface area contributed by atoms with Crippen molar-refractivity contribution in [2.24, 2.45) is 0 Å². The molecule has 0 N–H and O–H groups in total. The normalized spacial score (nSPS) is 26.1. The quantitative estimate of drug-likeness (QED) is 0.150. The Bertz CT molecular complexity index is 1480. The fourth-order valence-corrected chi connectivity index (χ4v) is 11.6. The number of ether oxygens (including phenoxy) is 5. The van der Waals surface area contributed by atoms with Gasteiger partial charge in [-0.1, -0.05) is 112 Å². The number of hydrogen-bond acceptors (Lipinski definition) is 8. The lowest BCUT2D eigenvalue weighted by Crippen LogP contribution is -2.68. The number of carbonyl (C=O) groups excluding carboxylic acids is 2. The molecule has 2 fully saturated rings. The fraction of sp³-hybridized carbons (Fsp3) is 0.436. The summed E-state index contributed by atoms with van der Waals surface area (Å²) in [6.45, 7) is 10.7. The van der Waals surface area contributed by atoms with Crippen LogP contribution >= 0.6 is 0 Å². The van der Waals surface area contributed by atoms with Gasteiger partial charge in [0, 0.05) is 25.8 Å². The summed E-state index contributed by atoms with van der Waals surface area (Å²) in [5, 5.41) is 2.19. The minimum absolute atomic E-state index is 0.196. The van der Waals surface area contributed by atoms with Crippen molar-refractivity contribution in [1.82, 2.24) is 0 Å². The van der Waals surface area contributed by atoms with Gasteiger partial charge in [0.1, 0.15) is 17.8 Å². The van der Waals surface area contributed by atoms with Crippen molar-refractivity contribution in [3.8, 4) is 0 Å². The van der Waals surface area contributed by atoms with E-state index in [-0.39, 0.29) is 17.2 Å². The summed E-state index contributed by atoms with van der Waals surface area (Å²) in [5.41, 5.74) is -0.0700. The van der Waals surface area contributed by atoms with E-state index in [4.69, 9.17) is 28.1 Å². The Balaban J connectivity index is 1.47. The molecule has 3 aromatic carbocycles. The predicted octanol–water partition coefficient (Wildman–Crippen LogP) is 5.51. The molecule has 0 aliphatic carbocycles. The molecule has 0 aromatic heterocycles. The first kappa shape index (κ1) is 35.7. The zero-order valence-corrected chi connectivity index (χ0v) is 29.8. The third kappa shape index (κ3) is 7.98. The van der Waals surface area contributed by atoms with Crippen molar-refractivity contribution in [1.29, 1.82) is 0 Å². The average Bonchev–Trinajstić information content (AvgIpc) is 3.07. The summed E-state index contributed by atoms with van der Waals surface area (Å²) in [5.74, 6) is -0.972. The number of hydrogen-bond donors (Lipinski definition) is 0. The van der Waals surface area contributed by atoms with E-state index in [0.29, 0.717) is 26.1 Å². The van der Waals surface area contributed by atoms with Crippen molar-refractivity contribution in [2.45, 2.75) is 95.2 Å². The van der Waals surface area contributed by atoms with Crippen LogP contribution in [0.4, 0.5) is 0 Å². The molecule has 2 aliphatic heterocycles. The Morgan fingerprint density at radius 2 is 1.50 bits per heavy atom. The van der Waals surface area contributed by atoms with Gasteiger partial charge in [0.15, 0.2) is 0 Å². The van der Waals surface area contributed by atoms with Crippen LogP contribution in [0.2, 0.25) is 5.04 Å². The topological polar surface area (TPSA) is 89.5 Å². The SMILES string of the molecule is COC(=O)/C=C/[C@@]1(C)O[C@H]2[C@@H](OCc3ccccc3)C[C@@H](CO[Si](c3ccccc3)(c3ccccc3)C(C)(C)C)O[C@@H]2C[C@@H]1OC(C)=O. The first-order valence-corrected chi connectivity index (χ1v) is 18.5. The number of benzene rings is 3. The van der Waals surface area contributed by atoms with E-state index in [1.54, 1.807) is 6.08 Å². The van der Waals surface area contributed by atoms with Gasteiger partial charge in [0.2, 0.25) is 0 Å². The maximum absolute atomic E-state index is 12.2. The second-order valence-corrected chi connectivity index (χ2v) is 18.1. The largest absolute Gasteiger partial charge is 0.466 e. The fourth-order valence-electron chi connectivity index (χ4n) is 7.01. The van der Waals surface area contributed by atoms with E-state index in [2.05, 4.69) is 69.3 Å². The van der Waals surface area contributed by atoms with Crippen molar-refractivity contribution < 1.29 is 37.7 Å². The first-order chi connectivity index (χ1) is 22.9. The third-order valence-electron chi connectivity index (χ3n) is 9.34. The van der Waals surface area contributed by atoms with E-state index >= 15 is 0 Å². The highest BCUT2D eigenvalue weighted by atomic mass is 28.4. The van der Waals surface area contributed by atoms with Crippen LogP contribution in [0.25, 0.3) is 0 Å². The summed E-state index contributed by atoms with van der Waals surface area (Å²) in [7, 11) is -1.51. The minimum atomic E-state index is -2.83. The Labute approximate surface area is 285 Å². The molecule has 0 unspecified atom stereocenters. The van der Waals surface area contributed by atoms with Gasteiger partial charge in [-0.15, -0.1) is 0 Å². The number of fused-ring (bicyclic) bond motifs is 1.